The summed E-state index contributed by atoms with van der Waals surface area (Å²) < 4.78 is 0. The van der Waals surface area contributed by atoms with Crippen LogP contribution in [0.25, 0.3) is 5.76 Å². The Bertz CT molecular complexity index is 860. The first kappa shape index (κ1) is 18.1. The maximum absolute atomic E-state index is 12.7. The summed E-state index contributed by atoms with van der Waals surface area (Å²) in [5, 5.41) is 11.3. The van der Waals surface area contributed by atoms with Crippen LogP contribution in [0.15, 0.2) is 54.2 Å². The Morgan fingerprint density at radius 1 is 1.19 bits per heavy atom. The van der Waals surface area contributed by atoms with Crippen molar-refractivity contribution in [3.8, 4) is 0 Å². The fourth-order valence-corrected chi connectivity index (χ4v) is 3.20. The number of aromatic nitrogens is 1. The van der Waals surface area contributed by atoms with Crippen LogP contribution in [0.3, 0.4) is 0 Å². The van der Waals surface area contributed by atoms with E-state index < -0.39 is 17.7 Å². The van der Waals surface area contributed by atoms with E-state index in [4.69, 9.17) is 11.6 Å². The molecule has 5 nitrogen and oxygen atoms in total. The van der Waals surface area contributed by atoms with Crippen molar-refractivity contribution >= 4 is 29.1 Å². The third-order valence-corrected chi connectivity index (χ3v) is 4.44. The second-order valence-corrected chi connectivity index (χ2v) is 7.04. The Labute approximate surface area is 156 Å². The van der Waals surface area contributed by atoms with Crippen molar-refractivity contribution in [2.75, 3.05) is 6.54 Å². The molecular formula is C20H19ClN2O3. The van der Waals surface area contributed by atoms with Crippen LogP contribution in [0.2, 0.25) is 5.02 Å². The Balaban J connectivity index is 2.17. The molecule has 6 heteroatoms. The molecule has 1 aromatic carbocycles. The second-order valence-electron chi connectivity index (χ2n) is 6.61. The molecule has 1 aromatic heterocycles. The molecule has 1 saturated heterocycles. The maximum atomic E-state index is 12.7. The smallest absolute Gasteiger partial charge is 0.295 e. The van der Waals surface area contributed by atoms with Crippen LogP contribution in [0.4, 0.5) is 0 Å². The Hall–Kier alpha value is -2.66. The van der Waals surface area contributed by atoms with Crippen molar-refractivity contribution in [1.82, 2.24) is 9.88 Å². The predicted octanol–water partition coefficient (Wildman–Crippen LogP) is 3.81. The quantitative estimate of drug-likeness (QED) is 0.504. The summed E-state index contributed by atoms with van der Waals surface area (Å²) in [5.41, 5.74) is 1.03. The highest BCUT2D eigenvalue weighted by atomic mass is 35.5. The van der Waals surface area contributed by atoms with Gasteiger partial charge in [0.1, 0.15) is 11.8 Å². The zero-order valence-corrected chi connectivity index (χ0v) is 15.3. The normalized spacial score (nSPS) is 19.4. The van der Waals surface area contributed by atoms with Gasteiger partial charge in [0.2, 0.25) is 0 Å². The van der Waals surface area contributed by atoms with Gasteiger partial charge in [0.25, 0.3) is 11.7 Å². The molecule has 0 aliphatic carbocycles. The Kier molecular flexibility index (Phi) is 5.09. The number of Topliss-reactive ketones (excluding diaryl/α,β-unsaturated/α-hetero) is 1. The first-order chi connectivity index (χ1) is 12.4. The minimum absolute atomic E-state index is 0.0525. The molecule has 0 spiro atoms. The van der Waals surface area contributed by atoms with E-state index in [9.17, 15) is 14.7 Å². The van der Waals surface area contributed by atoms with Gasteiger partial charge in [0, 0.05) is 23.3 Å². The molecule has 0 bridgehead atoms. The lowest BCUT2D eigenvalue weighted by Crippen LogP contribution is -2.33. The number of ketones is 1. The SMILES string of the molecule is CC(C)CN1C(=O)C(=O)/C(=C(\O)c2ccc(Cl)cc2)C1c1ccccn1. The minimum Gasteiger partial charge on any atom is -0.507 e. The largest absolute Gasteiger partial charge is 0.507 e. The summed E-state index contributed by atoms with van der Waals surface area (Å²) in [6, 6.07) is 11.1. The van der Waals surface area contributed by atoms with Gasteiger partial charge in [-0.05, 0) is 42.3 Å². The van der Waals surface area contributed by atoms with E-state index in [0.29, 0.717) is 22.8 Å². The van der Waals surface area contributed by atoms with Gasteiger partial charge in [-0.3, -0.25) is 14.6 Å². The van der Waals surface area contributed by atoms with Crippen molar-refractivity contribution in [2.45, 2.75) is 19.9 Å². The van der Waals surface area contributed by atoms with E-state index in [1.807, 2.05) is 13.8 Å². The number of aliphatic hydroxyl groups is 1. The molecule has 1 atom stereocenters. The highest BCUT2D eigenvalue weighted by molar-refractivity contribution is 6.46. The van der Waals surface area contributed by atoms with Crippen molar-refractivity contribution in [3.05, 3.63) is 70.5 Å². The fourth-order valence-electron chi connectivity index (χ4n) is 3.07. The van der Waals surface area contributed by atoms with E-state index in [1.165, 1.54) is 4.90 Å². The van der Waals surface area contributed by atoms with Gasteiger partial charge in [-0.15, -0.1) is 0 Å². The van der Waals surface area contributed by atoms with Crippen LogP contribution in [-0.2, 0) is 9.59 Å². The number of hydrogen-bond acceptors (Lipinski definition) is 4. The molecule has 3 rings (SSSR count). The molecule has 1 amide bonds. The van der Waals surface area contributed by atoms with Crippen LogP contribution in [-0.4, -0.2) is 33.2 Å². The first-order valence-electron chi connectivity index (χ1n) is 8.35. The van der Waals surface area contributed by atoms with E-state index in [1.54, 1.807) is 48.7 Å². The molecule has 2 aromatic rings. The number of carbonyl (C=O) groups excluding carboxylic acids is 2. The van der Waals surface area contributed by atoms with Gasteiger partial charge in [-0.1, -0.05) is 31.5 Å². The van der Waals surface area contributed by atoms with Crippen LogP contribution in [0, 0.1) is 5.92 Å². The maximum Gasteiger partial charge on any atom is 0.295 e. The second kappa shape index (κ2) is 7.30. The lowest BCUT2D eigenvalue weighted by atomic mass is 9.98. The van der Waals surface area contributed by atoms with E-state index in [0.717, 1.165) is 0 Å². The van der Waals surface area contributed by atoms with Crippen LogP contribution >= 0.6 is 11.6 Å². The number of carbonyl (C=O) groups is 2. The van der Waals surface area contributed by atoms with E-state index in [-0.39, 0.29) is 17.3 Å². The molecule has 1 N–H and O–H groups in total. The number of rotatable bonds is 4. The molecule has 0 radical (unpaired) electrons. The van der Waals surface area contributed by atoms with Crippen molar-refractivity contribution < 1.29 is 14.7 Å². The van der Waals surface area contributed by atoms with Gasteiger partial charge in [-0.25, -0.2) is 0 Å². The third-order valence-electron chi connectivity index (χ3n) is 4.19. The summed E-state index contributed by atoms with van der Waals surface area (Å²) in [6.07, 6.45) is 1.60. The first-order valence-corrected chi connectivity index (χ1v) is 8.73. The summed E-state index contributed by atoms with van der Waals surface area (Å²) >= 11 is 5.90. The summed E-state index contributed by atoms with van der Waals surface area (Å²) in [4.78, 5) is 31.1. The number of hydrogen-bond donors (Lipinski definition) is 1. The van der Waals surface area contributed by atoms with Gasteiger partial charge in [0.15, 0.2) is 0 Å². The summed E-state index contributed by atoms with van der Waals surface area (Å²) in [6.45, 7) is 4.32. The minimum atomic E-state index is -0.714. The number of benzene rings is 1. The van der Waals surface area contributed by atoms with Gasteiger partial charge in [-0.2, -0.15) is 0 Å². The molecule has 0 saturated carbocycles. The van der Waals surface area contributed by atoms with Gasteiger partial charge >= 0.3 is 0 Å². The zero-order valence-electron chi connectivity index (χ0n) is 14.5. The number of aliphatic hydroxyl groups excluding tert-OH is 1. The highest BCUT2D eigenvalue weighted by Gasteiger charge is 2.46. The molecular weight excluding hydrogens is 352 g/mol. The molecule has 26 heavy (non-hydrogen) atoms. The van der Waals surface area contributed by atoms with Crippen LogP contribution in [0.5, 0.6) is 0 Å². The van der Waals surface area contributed by atoms with E-state index in [2.05, 4.69) is 4.98 Å². The number of likely N-dealkylation sites (tertiary alicyclic amines) is 1. The highest BCUT2D eigenvalue weighted by Crippen LogP contribution is 2.38. The Morgan fingerprint density at radius 2 is 1.88 bits per heavy atom. The zero-order chi connectivity index (χ0) is 18.8. The monoisotopic (exact) mass is 370 g/mol. The molecule has 1 aliphatic rings. The van der Waals surface area contributed by atoms with Gasteiger partial charge in [0.05, 0.1) is 11.3 Å². The molecule has 1 unspecified atom stereocenters. The Morgan fingerprint density at radius 3 is 2.46 bits per heavy atom. The summed E-state index contributed by atoms with van der Waals surface area (Å²) in [5.74, 6) is -1.38. The fraction of sp³-hybridized carbons (Fsp3) is 0.250. The molecule has 2 heterocycles. The molecule has 1 aliphatic heterocycles. The van der Waals surface area contributed by atoms with Crippen LogP contribution < -0.4 is 0 Å². The lowest BCUT2D eigenvalue weighted by molar-refractivity contribution is -0.140. The average Bonchev–Trinajstić information content (AvgIpc) is 2.87. The van der Waals surface area contributed by atoms with Gasteiger partial charge < -0.3 is 10.0 Å². The molecule has 134 valence electrons. The predicted molar refractivity (Wildman–Crippen MR) is 99.5 cm³/mol. The standard InChI is InChI=1S/C20H19ClN2O3/c1-12(2)11-23-17(15-5-3-4-10-22-15)16(19(25)20(23)26)18(24)13-6-8-14(21)9-7-13/h3-10,12,17,24H,11H2,1-2H3/b18-16-. The van der Waals surface area contributed by atoms with E-state index >= 15 is 0 Å². The number of amides is 1. The topological polar surface area (TPSA) is 70.5 Å². The van der Waals surface area contributed by atoms with Crippen molar-refractivity contribution in [3.63, 3.8) is 0 Å². The average molecular weight is 371 g/mol. The summed E-state index contributed by atoms with van der Waals surface area (Å²) in [7, 11) is 0. The van der Waals surface area contributed by atoms with Crippen molar-refractivity contribution in [1.29, 1.82) is 0 Å². The lowest BCUT2D eigenvalue weighted by Gasteiger charge is -2.26. The molecule has 1 fully saturated rings. The van der Waals surface area contributed by atoms with Crippen molar-refractivity contribution in [2.24, 2.45) is 5.92 Å². The number of pyridine rings is 1. The van der Waals surface area contributed by atoms with Crippen LogP contribution in [0.1, 0.15) is 31.1 Å². The number of nitrogens with zero attached hydrogens (tertiary/aromatic N) is 2. The number of halogens is 1. The third kappa shape index (κ3) is 3.35.